The van der Waals surface area contributed by atoms with Crippen molar-refractivity contribution < 1.29 is 23.7 Å². The fourth-order valence-corrected chi connectivity index (χ4v) is 2.16. The molecule has 1 aliphatic rings. The van der Waals surface area contributed by atoms with Crippen LogP contribution in [0.15, 0.2) is 12.7 Å². The highest BCUT2D eigenvalue weighted by molar-refractivity contribution is 5.81. The predicted molar refractivity (Wildman–Crippen MR) is 61.7 cm³/mol. The van der Waals surface area contributed by atoms with E-state index in [1.54, 1.807) is 0 Å². The molecule has 3 atom stereocenters. The summed E-state index contributed by atoms with van der Waals surface area (Å²) in [5.74, 6) is -3.55. The zero-order valence-corrected chi connectivity index (χ0v) is 10.0. The van der Waals surface area contributed by atoms with Gasteiger partial charge in [0.15, 0.2) is 17.6 Å². The van der Waals surface area contributed by atoms with Gasteiger partial charge in [0.25, 0.3) is 0 Å². The zero-order chi connectivity index (χ0) is 14.5. The van der Waals surface area contributed by atoms with E-state index in [0.717, 1.165) is 17.2 Å². The van der Waals surface area contributed by atoms with Crippen molar-refractivity contribution in [3.8, 4) is 0 Å². The fourth-order valence-electron chi connectivity index (χ4n) is 2.16. The van der Waals surface area contributed by atoms with Gasteiger partial charge in [0, 0.05) is 0 Å². The average molecular weight is 287 g/mol. The first-order valence-corrected chi connectivity index (χ1v) is 5.72. The lowest BCUT2D eigenvalue weighted by atomic mass is 10.1. The molecule has 4 N–H and O–H groups in total. The van der Waals surface area contributed by atoms with E-state index in [1.165, 1.54) is 0 Å². The molecular formula is C10H11F2N5O3. The maximum Gasteiger partial charge on any atom is 0.320 e. The van der Waals surface area contributed by atoms with Gasteiger partial charge in [-0.15, -0.1) is 0 Å². The van der Waals surface area contributed by atoms with Crippen LogP contribution in [-0.2, 0) is 4.74 Å². The Morgan fingerprint density at radius 2 is 2.15 bits per heavy atom. The molecule has 1 aliphatic heterocycles. The number of imidazole rings is 1. The first kappa shape index (κ1) is 13.1. The number of fused-ring (bicyclic) bond motifs is 1. The number of nitrogens with two attached hydrogens (primary N) is 1. The number of nitrogens with zero attached hydrogens (tertiary/aromatic N) is 4. The molecule has 8 nitrogen and oxygen atoms in total. The quantitative estimate of drug-likeness (QED) is 0.667. The van der Waals surface area contributed by atoms with Crippen molar-refractivity contribution in [1.82, 2.24) is 19.5 Å². The molecule has 10 heteroatoms. The van der Waals surface area contributed by atoms with E-state index < -0.39 is 31.0 Å². The van der Waals surface area contributed by atoms with Crippen LogP contribution in [0.4, 0.5) is 14.6 Å². The molecule has 1 saturated heterocycles. The first-order valence-electron chi connectivity index (χ1n) is 5.72. The van der Waals surface area contributed by atoms with Crippen molar-refractivity contribution in [2.75, 3.05) is 12.3 Å². The lowest BCUT2D eigenvalue weighted by molar-refractivity contribution is -0.138. The number of alkyl halides is 2. The number of nitrogen functional groups attached to an aromatic ring is 1. The molecule has 0 amide bonds. The highest BCUT2D eigenvalue weighted by Gasteiger charge is 2.59. The lowest BCUT2D eigenvalue weighted by Crippen LogP contribution is -2.39. The summed E-state index contributed by atoms with van der Waals surface area (Å²) in [5, 5.41) is 18.4. The van der Waals surface area contributed by atoms with E-state index in [1.807, 2.05) is 0 Å². The third-order valence-corrected chi connectivity index (χ3v) is 3.20. The number of aromatic nitrogens is 4. The SMILES string of the molecule is Nc1ncnc2c1ncn2[C@H]1O[C@@H](CO)[C@H](O)C1(F)F. The van der Waals surface area contributed by atoms with Crippen LogP contribution < -0.4 is 5.73 Å². The largest absolute Gasteiger partial charge is 0.394 e. The second-order valence-electron chi connectivity index (χ2n) is 4.41. The van der Waals surface area contributed by atoms with Gasteiger partial charge in [-0.1, -0.05) is 0 Å². The second-order valence-corrected chi connectivity index (χ2v) is 4.41. The molecule has 0 aromatic carbocycles. The van der Waals surface area contributed by atoms with Crippen LogP contribution in [0.3, 0.4) is 0 Å². The predicted octanol–water partition coefficient (Wildman–Crippen LogP) is -0.706. The van der Waals surface area contributed by atoms with E-state index in [-0.39, 0.29) is 17.0 Å². The first-order chi connectivity index (χ1) is 9.46. The van der Waals surface area contributed by atoms with Gasteiger partial charge in [0.05, 0.1) is 12.9 Å². The molecule has 3 rings (SSSR count). The van der Waals surface area contributed by atoms with Crippen molar-refractivity contribution in [1.29, 1.82) is 0 Å². The van der Waals surface area contributed by atoms with Gasteiger partial charge in [0.2, 0.25) is 6.23 Å². The van der Waals surface area contributed by atoms with Crippen LogP contribution in [0.25, 0.3) is 11.2 Å². The van der Waals surface area contributed by atoms with E-state index in [0.29, 0.717) is 0 Å². The molecule has 0 radical (unpaired) electrons. The summed E-state index contributed by atoms with van der Waals surface area (Å²) >= 11 is 0. The van der Waals surface area contributed by atoms with E-state index in [4.69, 9.17) is 15.6 Å². The van der Waals surface area contributed by atoms with Crippen LogP contribution in [0.5, 0.6) is 0 Å². The lowest BCUT2D eigenvalue weighted by Gasteiger charge is -2.20. The Bertz CT molecular complexity index is 649. The van der Waals surface area contributed by atoms with E-state index >= 15 is 0 Å². The Labute approximate surface area is 110 Å². The minimum Gasteiger partial charge on any atom is -0.394 e. The van der Waals surface area contributed by atoms with Gasteiger partial charge in [-0.05, 0) is 0 Å². The minimum atomic E-state index is -3.60. The number of hydrogen-bond donors (Lipinski definition) is 3. The third kappa shape index (κ3) is 1.65. The van der Waals surface area contributed by atoms with Crippen molar-refractivity contribution >= 4 is 17.0 Å². The van der Waals surface area contributed by atoms with Crippen LogP contribution >= 0.6 is 0 Å². The summed E-state index contributed by atoms with van der Waals surface area (Å²) in [6.07, 6.45) is -3.13. The zero-order valence-electron chi connectivity index (χ0n) is 10.0. The Hall–Kier alpha value is -1.91. The molecule has 20 heavy (non-hydrogen) atoms. The monoisotopic (exact) mass is 287 g/mol. The van der Waals surface area contributed by atoms with Crippen LogP contribution in [-0.4, -0.2) is 54.5 Å². The maximum atomic E-state index is 14.0. The van der Waals surface area contributed by atoms with Crippen molar-refractivity contribution in [3.05, 3.63) is 12.7 Å². The molecule has 0 saturated carbocycles. The molecule has 2 aromatic heterocycles. The number of aliphatic hydroxyl groups is 2. The van der Waals surface area contributed by atoms with Crippen molar-refractivity contribution in [3.63, 3.8) is 0 Å². The topological polar surface area (TPSA) is 119 Å². The molecule has 108 valence electrons. The van der Waals surface area contributed by atoms with Crippen molar-refractivity contribution in [2.45, 2.75) is 24.4 Å². The Morgan fingerprint density at radius 3 is 2.80 bits per heavy atom. The highest BCUT2D eigenvalue weighted by atomic mass is 19.3. The summed E-state index contributed by atoms with van der Waals surface area (Å²) in [7, 11) is 0. The van der Waals surface area contributed by atoms with Gasteiger partial charge in [0.1, 0.15) is 17.9 Å². The average Bonchev–Trinajstić information content (AvgIpc) is 2.92. The third-order valence-electron chi connectivity index (χ3n) is 3.20. The van der Waals surface area contributed by atoms with Gasteiger partial charge in [-0.25, -0.2) is 15.0 Å². The summed E-state index contributed by atoms with van der Waals surface area (Å²) in [5.41, 5.74) is 5.80. The molecule has 0 unspecified atom stereocenters. The minimum absolute atomic E-state index is 0.0503. The summed E-state index contributed by atoms with van der Waals surface area (Å²) < 4.78 is 34.0. The molecule has 2 aromatic rings. The smallest absolute Gasteiger partial charge is 0.320 e. The van der Waals surface area contributed by atoms with Crippen LogP contribution in [0, 0.1) is 0 Å². The number of aliphatic hydroxyl groups excluding tert-OH is 2. The number of rotatable bonds is 2. The Balaban J connectivity index is 2.10. The van der Waals surface area contributed by atoms with Crippen LogP contribution in [0.1, 0.15) is 6.23 Å². The summed E-state index contributed by atoms with van der Waals surface area (Å²) in [6.45, 7) is -0.725. The van der Waals surface area contributed by atoms with Gasteiger partial charge >= 0.3 is 5.92 Å². The van der Waals surface area contributed by atoms with Gasteiger partial charge in [-0.2, -0.15) is 8.78 Å². The normalized spacial score (nSPS) is 29.1. The molecule has 0 aliphatic carbocycles. The molecule has 3 heterocycles. The van der Waals surface area contributed by atoms with Crippen molar-refractivity contribution in [2.24, 2.45) is 0 Å². The van der Waals surface area contributed by atoms with Gasteiger partial charge < -0.3 is 20.7 Å². The van der Waals surface area contributed by atoms with Gasteiger partial charge in [-0.3, -0.25) is 4.57 Å². The molecular weight excluding hydrogens is 276 g/mol. The standard InChI is InChI=1S/C10H11F2N5O3/c11-10(12)6(19)4(1-18)20-9(10)17-3-16-5-7(13)14-2-15-8(5)17/h2-4,6,9,18-19H,1H2,(H2,13,14,15)/t4-,6-,9-/m0/s1. The van der Waals surface area contributed by atoms with E-state index in [9.17, 15) is 13.9 Å². The molecule has 0 spiro atoms. The molecule has 0 bridgehead atoms. The van der Waals surface area contributed by atoms with Crippen LogP contribution in [0.2, 0.25) is 0 Å². The fraction of sp³-hybridized carbons (Fsp3) is 0.500. The van der Waals surface area contributed by atoms with E-state index in [2.05, 4.69) is 15.0 Å². The number of anilines is 1. The summed E-state index contributed by atoms with van der Waals surface area (Å²) in [4.78, 5) is 11.4. The maximum absolute atomic E-state index is 14.0. The Morgan fingerprint density at radius 1 is 1.40 bits per heavy atom. The number of halogens is 2. The number of ether oxygens (including phenoxy) is 1. The second kappa shape index (κ2) is 4.30. The molecule has 1 fully saturated rings. The summed E-state index contributed by atoms with van der Waals surface area (Å²) in [6, 6.07) is 0. The Kier molecular flexibility index (Phi) is 2.81. The number of hydrogen-bond acceptors (Lipinski definition) is 7. The highest BCUT2D eigenvalue weighted by Crippen LogP contribution is 2.43.